The van der Waals surface area contributed by atoms with E-state index in [0.29, 0.717) is 16.8 Å². The van der Waals surface area contributed by atoms with Crippen molar-refractivity contribution in [1.29, 1.82) is 0 Å². The summed E-state index contributed by atoms with van der Waals surface area (Å²) in [6.07, 6.45) is 0. The molecule has 6 nitrogen and oxygen atoms in total. The molecular weight excluding hydrogens is 374 g/mol. The normalized spacial score (nSPS) is 11.1. The van der Waals surface area contributed by atoms with E-state index >= 15 is 0 Å². The number of nitrogens with zero attached hydrogens (tertiary/aromatic N) is 1. The fourth-order valence-electron chi connectivity index (χ4n) is 2.86. The highest BCUT2D eigenvalue weighted by Gasteiger charge is 2.15. The zero-order chi connectivity index (χ0) is 20.1. The molecule has 0 unspecified atom stereocenters. The third kappa shape index (κ3) is 4.97. The van der Waals surface area contributed by atoms with Gasteiger partial charge in [0.15, 0.2) is 0 Å². The van der Waals surface area contributed by atoms with Gasteiger partial charge in [0.05, 0.1) is 17.0 Å². The number of amides is 1. The first-order valence-electron chi connectivity index (χ1n) is 8.62. The Balaban J connectivity index is 1.80. The van der Waals surface area contributed by atoms with Crippen molar-refractivity contribution in [3.8, 4) is 0 Å². The van der Waals surface area contributed by atoms with Gasteiger partial charge in [-0.05, 0) is 42.0 Å². The molecular formula is C21H21N3O3S. The third-order valence-electron chi connectivity index (χ3n) is 4.23. The molecule has 3 N–H and O–H groups in total. The SMILES string of the molecule is CN(c1ccccc1)c1ccccc1C(=O)Nc1ccc(CS(N)(=O)=O)cc1. The summed E-state index contributed by atoms with van der Waals surface area (Å²) >= 11 is 0. The standard InChI is InChI=1S/C21H21N3O3S/c1-24(18-7-3-2-4-8-18)20-10-6-5-9-19(20)21(25)23-17-13-11-16(12-14-17)15-28(22,26)27/h2-14H,15H2,1H3,(H,23,25)(H2,22,26,27). The number of para-hydroxylation sites is 2. The minimum atomic E-state index is -3.59. The molecule has 1 amide bonds. The largest absolute Gasteiger partial charge is 0.344 e. The van der Waals surface area contributed by atoms with Crippen molar-refractivity contribution in [2.45, 2.75) is 5.75 Å². The molecule has 0 aromatic heterocycles. The lowest BCUT2D eigenvalue weighted by molar-refractivity contribution is 0.102. The van der Waals surface area contributed by atoms with Crippen LogP contribution < -0.4 is 15.4 Å². The van der Waals surface area contributed by atoms with Gasteiger partial charge in [-0.25, -0.2) is 13.6 Å². The molecule has 0 saturated carbocycles. The molecule has 0 radical (unpaired) electrons. The van der Waals surface area contributed by atoms with Gasteiger partial charge in [-0.3, -0.25) is 4.79 Å². The summed E-state index contributed by atoms with van der Waals surface area (Å²) in [6.45, 7) is 0. The van der Waals surface area contributed by atoms with Gasteiger partial charge in [-0.15, -0.1) is 0 Å². The number of carbonyl (C=O) groups is 1. The fourth-order valence-corrected chi connectivity index (χ4v) is 3.52. The average Bonchev–Trinajstić information content (AvgIpc) is 2.68. The summed E-state index contributed by atoms with van der Waals surface area (Å²) in [7, 11) is -1.68. The lowest BCUT2D eigenvalue weighted by Gasteiger charge is -2.22. The van der Waals surface area contributed by atoms with Gasteiger partial charge in [0, 0.05) is 18.4 Å². The number of benzene rings is 3. The molecule has 0 aliphatic carbocycles. The molecule has 3 aromatic rings. The van der Waals surface area contributed by atoms with Crippen molar-refractivity contribution < 1.29 is 13.2 Å². The Morgan fingerprint density at radius 2 is 1.54 bits per heavy atom. The number of nitrogens with one attached hydrogen (secondary N) is 1. The number of rotatable bonds is 6. The Bertz CT molecular complexity index is 1070. The highest BCUT2D eigenvalue weighted by Crippen LogP contribution is 2.27. The summed E-state index contributed by atoms with van der Waals surface area (Å²) in [5, 5.41) is 7.90. The number of anilines is 3. The molecule has 3 aromatic carbocycles. The first kappa shape index (κ1) is 19.6. The van der Waals surface area contributed by atoms with Crippen LogP contribution in [-0.2, 0) is 15.8 Å². The van der Waals surface area contributed by atoms with Gasteiger partial charge in [-0.1, -0.05) is 42.5 Å². The van der Waals surface area contributed by atoms with E-state index in [1.165, 1.54) is 0 Å². The van der Waals surface area contributed by atoms with E-state index in [9.17, 15) is 13.2 Å². The van der Waals surface area contributed by atoms with E-state index in [4.69, 9.17) is 5.14 Å². The van der Waals surface area contributed by atoms with E-state index in [1.54, 1.807) is 30.3 Å². The first-order chi connectivity index (χ1) is 13.3. The molecule has 0 saturated heterocycles. The van der Waals surface area contributed by atoms with Crippen molar-refractivity contribution in [3.63, 3.8) is 0 Å². The van der Waals surface area contributed by atoms with Crippen LogP contribution in [0, 0.1) is 0 Å². The van der Waals surface area contributed by atoms with E-state index in [-0.39, 0.29) is 11.7 Å². The second-order valence-corrected chi connectivity index (χ2v) is 7.98. The fraction of sp³-hybridized carbons (Fsp3) is 0.0952. The minimum Gasteiger partial charge on any atom is -0.344 e. The van der Waals surface area contributed by atoms with Crippen molar-refractivity contribution in [1.82, 2.24) is 0 Å². The molecule has 0 spiro atoms. The Morgan fingerprint density at radius 3 is 2.18 bits per heavy atom. The number of carbonyl (C=O) groups excluding carboxylic acids is 1. The lowest BCUT2D eigenvalue weighted by Crippen LogP contribution is -2.18. The predicted molar refractivity (Wildman–Crippen MR) is 112 cm³/mol. The molecule has 0 aliphatic heterocycles. The van der Waals surface area contributed by atoms with E-state index in [2.05, 4.69) is 5.32 Å². The third-order valence-corrected chi connectivity index (χ3v) is 4.97. The van der Waals surface area contributed by atoms with Crippen molar-refractivity contribution >= 4 is 33.0 Å². The molecule has 7 heteroatoms. The highest BCUT2D eigenvalue weighted by atomic mass is 32.2. The average molecular weight is 395 g/mol. The number of hydrogen-bond acceptors (Lipinski definition) is 4. The highest BCUT2D eigenvalue weighted by molar-refractivity contribution is 7.88. The van der Waals surface area contributed by atoms with Crippen LogP contribution in [0.1, 0.15) is 15.9 Å². The van der Waals surface area contributed by atoms with Gasteiger partial charge in [0.25, 0.3) is 5.91 Å². The molecule has 0 heterocycles. The maximum atomic E-state index is 12.8. The summed E-state index contributed by atoms with van der Waals surface area (Å²) < 4.78 is 22.3. The second-order valence-electron chi connectivity index (χ2n) is 6.37. The van der Waals surface area contributed by atoms with Crippen LogP contribution in [0.4, 0.5) is 17.1 Å². The monoisotopic (exact) mass is 395 g/mol. The molecule has 0 bridgehead atoms. The smallest absolute Gasteiger partial charge is 0.257 e. The van der Waals surface area contributed by atoms with E-state index in [0.717, 1.165) is 11.4 Å². The van der Waals surface area contributed by atoms with Crippen LogP contribution in [0.5, 0.6) is 0 Å². The first-order valence-corrected chi connectivity index (χ1v) is 10.3. The van der Waals surface area contributed by atoms with Crippen LogP contribution in [0.25, 0.3) is 0 Å². The van der Waals surface area contributed by atoms with Gasteiger partial charge in [0.2, 0.25) is 10.0 Å². The quantitative estimate of drug-likeness (QED) is 0.668. The molecule has 0 fully saturated rings. The zero-order valence-corrected chi connectivity index (χ0v) is 16.2. The summed E-state index contributed by atoms with van der Waals surface area (Å²) in [5.74, 6) is -0.496. The van der Waals surface area contributed by atoms with Crippen molar-refractivity contribution in [2.24, 2.45) is 5.14 Å². The maximum absolute atomic E-state index is 12.8. The van der Waals surface area contributed by atoms with Crippen LogP contribution in [0.3, 0.4) is 0 Å². The van der Waals surface area contributed by atoms with E-state index < -0.39 is 10.0 Å². The summed E-state index contributed by atoms with van der Waals surface area (Å²) in [6, 6.07) is 23.7. The predicted octanol–water partition coefficient (Wildman–Crippen LogP) is 3.50. The number of primary sulfonamides is 1. The Morgan fingerprint density at radius 1 is 0.929 bits per heavy atom. The minimum absolute atomic E-state index is 0.244. The summed E-state index contributed by atoms with van der Waals surface area (Å²) in [4.78, 5) is 14.8. The van der Waals surface area contributed by atoms with Gasteiger partial charge in [0.1, 0.15) is 0 Å². The van der Waals surface area contributed by atoms with Crippen LogP contribution in [-0.4, -0.2) is 21.4 Å². The van der Waals surface area contributed by atoms with Gasteiger partial charge >= 0.3 is 0 Å². The number of hydrogen-bond donors (Lipinski definition) is 2. The molecule has 0 atom stereocenters. The van der Waals surface area contributed by atoms with Crippen LogP contribution in [0.15, 0.2) is 78.9 Å². The van der Waals surface area contributed by atoms with Gasteiger partial charge < -0.3 is 10.2 Å². The van der Waals surface area contributed by atoms with E-state index in [1.807, 2.05) is 60.5 Å². The zero-order valence-electron chi connectivity index (χ0n) is 15.4. The molecule has 3 rings (SSSR count). The number of nitrogens with two attached hydrogens (primary N) is 1. The maximum Gasteiger partial charge on any atom is 0.257 e. The van der Waals surface area contributed by atoms with Gasteiger partial charge in [-0.2, -0.15) is 0 Å². The molecule has 0 aliphatic rings. The Hall–Kier alpha value is -3.16. The summed E-state index contributed by atoms with van der Waals surface area (Å²) in [5.41, 5.74) is 3.40. The lowest BCUT2D eigenvalue weighted by atomic mass is 10.1. The van der Waals surface area contributed by atoms with Crippen molar-refractivity contribution in [2.75, 3.05) is 17.3 Å². The van der Waals surface area contributed by atoms with Crippen molar-refractivity contribution in [3.05, 3.63) is 90.0 Å². The Labute approximate surface area is 164 Å². The molecule has 144 valence electrons. The number of sulfonamides is 1. The van der Waals surface area contributed by atoms with Crippen LogP contribution in [0.2, 0.25) is 0 Å². The van der Waals surface area contributed by atoms with Crippen LogP contribution >= 0.6 is 0 Å². The molecule has 28 heavy (non-hydrogen) atoms. The topological polar surface area (TPSA) is 92.5 Å². The Kier molecular flexibility index (Phi) is 5.77. The second kappa shape index (κ2) is 8.24.